The number of ether oxygens (including phenoxy) is 2. The Kier molecular flexibility index (Phi) is 12.1. The molecule has 0 N–H and O–H groups in total. The van der Waals surface area contributed by atoms with Gasteiger partial charge in [-0.3, -0.25) is 0 Å². The van der Waals surface area contributed by atoms with Crippen LogP contribution in [-0.2, 0) is 14.1 Å². The lowest BCUT2D eigenvalue weighted by Crippen LogP contribution is -2.12. The van der Waals surface area contributed by atoms with Crippen molar-refractivity contribution in [2.45, 2.75) is 85.5 Å². The maximum atomic E-state index is 6.93. The molecule has 1 aromatic carbocycles. The molecule has 0 saturated heterocycles. The predicted molar refractivity (Wildman–Crippen MR) is 199 cm³/mol. The van der Waals surface area contributed by atoms with Gasteiger partial charge in [-0.05, 0) is 68.7 Å². The van der Waals surface area contributed by atoms with Crippen molar-refractivity contribution in [1.29, 1.82) is 0 Å². The van der Waals surface area contributed by atoms with Crippen LogP contribution in [0.4, 0.5) is 0 Å². The van der Waals surface area contributed by atoms with Gasteiger partial charge in [-0.1, -0.05) is 72.6 Å². The van der Waals surface area contributed by atoms with Crippen LogP contribution in [0.5, 0.6) is 11.5 Å². The van der Waals surface area contributed by atoms with Crippen LogP contribution in [-0.4, -0.2) is 32.3 Å². The number of nitrogens with zero attached hydrogens (tertiary/aromatic N) is 4. The smallest absolute Gasteiger partial charge is 0.150 e. The molecular weight excluding hydrogens is 732 g/mol. The van der Waals surface area contributed by atoms with E-state index >= 15 is 0 Å². The Morgan fingerprint density at radius 1 is 0.689 bits per heavy atom. The zero-order chi connectivity index (χ0) is 32.1. The monoisotopic (exact) mass is 776 g/mol. The van der Waals surface area contributed by atoms with E-state index in [0.717, 1.165) is 75.1 Å². The number of thiophene rings is 2. The van der Waals surface area contributed by atoms with Crippen LogP contribution < -0.4 is 9.47 Å². The first-order valence-corrected chi connectivity index (χ1v) is 19.7. The molecule has 0 radical (unpaired) electrons. The number of halogens is 2. The molecule has 5 aromatic rings. The SMILES string of the molecule is CCCCCC(CC)COc1c2cc(-c3ncc(Br)n3C)sc2c(OCC(CC)CCCC)c2cc(-c3ncc(Br)n3C)sc12. The standard InChI is InChI=1S/C35H46Br2N4O2S2/c1-7-11-13-15-23(10-4)21-43-31-25-17-27(35-39-19-29(37)41(35)6)44-32(25)30(42-20-22(9-3)14-12-8-2)24-16-26(45-33(24)31)34-38-18-28(36)40(34)5/h16-19,22-23H,7-15,20-21H2,1-6H3. The maximum Gasteiger partial charge on any atom is 0.150 e. The third kappa shape index (κ3) is 7.49. The quantitative estimate of drug-likeness (QED) is 0.0882. The van der Waals surface area contributed by atoms with E-state index in [4.69, 9.17) is 19.4 Å². The van der Waals surface area contributed by atoms with Crippen LogP contribution in [0.3, 0.4) is 0 Å². The molecule has 4 aromatic heterocycles. The fourth-order valence-corrected chi connectivity index (χ4v) is 8.77. The lowest BCUT2D eigenvalue weighted by molar-refractivity contribution is 0.234. The maximum absolute atomic E-state index is 6.93. The molecule has 0 saturated carbocycles. The third-order valence-corrected chi connectivity index (χ3v) is 12.7. The minimum absolute atomic E-state index is 0.521. The van der Waals surface area contributed by atoms with Crippen LogP contribution >= 0.6 is 54.5 Å². The van der Waals surface area contributed by atoms with E-state index in [2.05, 4.69) is 80.8 Å². The molecule has 0 amide bonds. The van der Waals surface area contributed by atoms with Crippen molar-refractivity contribution in [2.24, 2.45) is 25.9 Å². The summed E-state index contributed by atoms with van der Waals surface area (Å²) < 4.78 is 22.2. The Hall–Kier alpha value is -1.88. The van der Waals surface area contributed by atoms with Crippen molar-refractivity contribution in [3.63, 3.8) is 0 Å². The average molecular weight is 779 g/mol. The minimum Gasteiger partial charge on any atom is -0.491 e. The Labute approximate surface area is 292 Å². The highest BCUT2D eigenvalue weighted by atomic mass is 79.9. The molecule has 10 heteroatoms. The normalized spacial score (nSPS) is 13.2. The van der Waals surface area contributed by atoms with Gasteiger partial charge in [-0.2, -0.15) is 0 Å². The van der Waals surface area contributed by atoms with Crippen LogP contribution in [0.2, 0.25) is 0 Å². The molecular formula is C35H46Br2N4O2S2. The van der Waals surface area contributed by atoms with Gasteiger partial charge in [0.15, 0.2) is 11.6 Å². The zero-order valence-corrected chi connectivity index (χ0v) is 32.2. The van der Waals surface area contributed by atoms with E-state index in [0.29, 0.717) is 25.0 Å². The summed E-state index contributed by atoms with van der Waals surface area (Å²) in [5.74, 6) is 4.82. The van der Waals surface area contributed by atoms with E-state index < -0.39 is 0 Å². The topological polar surface area (TPSA) is 54.1 Å². The van der Waals surface area contributed by atoms with Gasteiger partial charge < -0.3 is 18.6 Å². The van der Waals surface area contributed by atoms with Crippen LogP contribution in [0.25, 0.3) is 41.6 Å². The van der Waals surface area contributed by atoms with Gasteiger partial charge in [0.1, 0.15) is 20.7 Å². The van der Waals surface area contributed by atoms with Crippen LogP contribution in [0.1, 0.15) is 85.5 Å². The first kappa shape index (κ1) is 34.5. The van der Waals surface area contributed by atoms with Gasteiger partial charge in [0, 0.05) is 24.9 Å². The van der Waals surface area contributed by atoms with Gasteiger partial charge in [0.2, 0.25) is 0 Å². The molecule has 0 aliphatic heterocycles. The lowest BCUT2D eigenvalue weighted by atomic mass is 9.99. The Balaban J connectivity index is 1.68. The van der Waals surface area contributed by atoms with Crippen molar-refractivity contribution < 1.29 is 9.47 Å². The molecule has 2 unspecified atom stereocenters. The average Bonchev–Trinajstić information content (AvgIpc) is 3.82. The van der Waals surface area contributed by atoms with Crippen molar-refractivity contribution in [3.8, 4) is 32.9 Å². The van der Waals surface area contributed by atoms with Crippen molar-refractivity contribution in [2.75, 3.05) is 13.2 Å². The van der Waals surface area contributed by atoms with Gasteiger partial charge in [-0.25, -0.2) is 9.97 Å². The molecule has 0 spiro atoms. The van der Waals surface area contributed by atoms with E-state index in [1.807, 2.05) is 26.5 Å². The number of unbranched alkanes of at least 4 members (excludes halogenated alkanes) is 3. The highest BCUT2D eigenvalue weighted by Gasteiger charge is 2.26. The molecule has 244 valence electrons. The summed E-state index contributed by atoms with van der Waals surface area (Å²) in [4.78, 5) is 11.7. The lowest BCUT2D eigenvalue weighted by Gasteiger charge is -2.19. The summed E-state index contributed by atoms with van der Waals surface area (Å²) in [6.07, 6.45) is 14.5. The Morgan fingerprint density at radius 3 is 1.51 bits per heavy atom. The first-order valence-electron chi connectivity index (χ1n) is 16.4. The van der Waals surface area contributed by atoms with Crippen molar-refractivity contribution in [1.82, 2.24) is 19.1 Å². The summed E-state index contributed by atoms with van der Waals surface area (Å²) in [6.45, 7) is 10.5. The van der Waals surface area contributed by atoms with Crippen LogP contribution in [0.15, 0.2) is 33.7 Å². The number of aromatic nitrogens is 4. The van der Waals surface area contributed by atoms with E-state index in [-0.39, 0.29) is 0 Å². The zero-order valence-electron chi connectivity index (χ0n) is 27.4. The van der Waals surface area contributed by atoms with E-state index in [1.165, 1.54) is 44.9 Å². The predicted octanol–water partition coefficient (Wildman–Crippen LogP) is 12.0. The number of imidazole rings is 2. The first-order chi connectivity index (χ1) is 21.8. The number of benzene rings is 1. The fraction of sp³-hybridized carbons (Fsp3) is 0.543. The highest BCUT2D eigenvalue weighted by Crippen LogP contribution is 2.52. The molecule has 0 bridgehead atoms. The highest BCUT2D eigenvalue weighted by molar-refractivity contribution is 9.10. The second kappa shape index (κ2) is 15.8. The Bertz CT molecular complexity index is 1620. The van der Waals surface area contributed by atoms with Gasteiger partial charge >= 0.3 is 0 Å². The summed E-state index contributed by atoms with van der Waals surface area (Å²) in [6, 6.07) is 4.53. The summed E-state index contributed by atoms with van der Waals surface area (Å²) in [5.41, 5.74) is 0. The van der Waals surface area contributed by atoms with Crippen molar-refractivity contribution in [3.05, 3.63) is 33.7 Å². The molecule has 45 heavy (non-hydrogen) atoms. The second-order valence-electron chi connectivity index (χ2n) is 12.1. The Morgan fingerprint density at radius 2 is 1.13 bits per heavy atom. The van der Waals surface area contributed by atoms with Crippen LogP contribution in [0, 0.1) is 11.8 Å². The largest absolute Gasteiger partial charge is 0.491 e. The van der Waals surface area contributed by atoms with Gasteiger partial charge in [0.25, 0.3) is 0 Å². The third-order valence-electron chi connectivity index (χ3n) is 8.93. The van der Waals surface area contributed by atoms with Gasteiger partial charge in [0.05, 0.1) is 44.8 Å². The molecule has 6 nitrogen and oxygen atoms in total. The fourth-order valence-electron chi connectivity index (χ4n) is 5.83. The number of fused-ring (bicyclic) bond motifs is 2. The molecule has 2 atom stereocenters. The van der Waals surface area contributed by atoms with Gasteiger partial charge in [-0.15, -0.1) is 22.7 Å². The van der Waals surface area contributed by atoms with Crippen molar-refractivity contribution >= 4 is 74.7 Å². The number of rotatable bonds is 17. The molecule has 0 fully saturated rings. The minimum atomic E-state index is 0.521. The molecule has 0 aliphatic carbocycles. The summed E-state index contributed by atoms with van der Waals surface area (Å²) in [7, 11) is 4.09. The molecule has 5 rings (SSSR count). The number of hydrogen-bond donors (Lipinski definition) is 0. The van der Waals surface area contributed by atoms with E-state index in [9.17, 15) is 0 Å². The molecule has 0 aliphatic rings. The summed E-state index contributed by atoms with van der Waals surface area (Å²) >= 11 is 10.8. The summed E-state index contributed by atoms with van der Waals surface area (Å²) in [5, 5.41) is 2.21. The number of hydrogen-bond acceptors (Lipinski definition) is 6. The van der Waals surface area contributed by atoms with E-state index in [1.54, 1.807) is 22.7 Å². The molecule has 4 heterocycles. The second-order valence-corrected chi connectivity index (χ2v) is 15.8.